The third kappa shape index (κ3) is 1.29. The largest absolute Gasteiger partial charge is 0.477 e. The van der Waals surface area contributed by atoms with Gasteiger partial charge in [0, 0.05) is 5.39 Å². The van der Waals surface area contributed by atoms with Gasteiger partial charge >= 0.3 is 5.97 Å². The second-order valence-electron chi connectivity index (χ2n) is 2.99. The highest BCUT2D eigenvalue weighted by atomic mass is 79.9. The van der Waals surface area contributed by atoms with Gasteiger partial charge in [0.2, 0.25) is 0 Å². The molecule has 0 aromatic carbocycles. The fourth-order valence-corrected chi connectivity index (χ4v) is 1.64. The quantitative estimate of drug-likeness (QED) is 0.768. The molecule has 2 rings (SSSR count). The number of aromatic nitrogens is 2. The molecule has 4 nitrogen and oxygen atoms in total. The van der Waals surface area contributed by atoms with Crippen molar-refractivity contribution in [3.05, 3.63) is 28.1 Å². The highest BCUT2D eigenvalue weighted by molar-refractivity contribution is 9.10. The summed E-state index contributed by atoms with van der Waals surface area (Å²) in [5, 5.41) is 9.66. The minimum atomic E-state index is -0.961. The molecule has 5 heteroatoms. The van der Waals surface area contributed by atoms with E-state index in [1.54, 1.807) is 12.3 Å². The van der Waals surface area contributed by atoms with Gasteiger partial charge in [-0.1, -0.05) is 0 Å². The van der Waals surface area contributed by atoms with E-state index in [-0.39, 0.29) is 5.69 Å². The number of aryl methyl sites for hydroxylation is 1. The second kappa shape index (κ2) is 3.09. The molecule has 0 bridgehead atoms. The van der Waals surface area contributed by atoms with Crippen molar-refractivity contribution in [2.75, 3.05) is 0 Å². The minimum Gasteiger partial charge on any atom is -0.477 e. The van der Waals surface area contributed by atoms with Crippen molar-refractivity contribution in [2.24, 2.45) is 0 Å². The molecule has 0 aliphatic heterocycles. The molecule has 0 saturated carbocycles. The van der Waals surface area contributed by atoms with Gasteiger partial charge in [0.15, 0.2) is 0 Å². The number of aromatic carboxylic acids is 1. The van der Waals surface area contributed by atoms with Crippen molar-refractivity contribution in [3.8, 4) is 0 Å². The number of aromatic amines is 1. The first kappa shape index (κ1) is 9.21. The summed E-state index contributed by atoms with van der Waals surface area (Å²) in [5.41, 5.74) is 1.86. The van der Waals surface area contributed by atoms with Crippen LogP contribution in [0.1, 0.15) is 16.1 Å². The van der Waals surface area contributed by atoms with Crippen LogP contribution >= 0.6 is 15.9 Å². The zero-order valence-electron chi connectivity index (χ0n) is 7.34. The number of fused-ring (bicyclic) bond motifs is 1. The number of carboxylic acid groups (broad SMARTS) is 1. The first-order valence-electron chi connectivity index (χ1n) is 3.96. The summed E-state index contributed by atoms with van der Waals surface area (Å²) in [5.74, 6) is -0.961. The zero-order valence-corrected chi connectivity index (χ0v) is 8.92. The van der Waals surface area contributed by atoms with E-state index in [1.165, 1.54) is 0 Å². The second-order valence-corrected chi connectivity index (χ2v) is 3.74. The molecule has 0 aliphatic rings. The Kier molecular flexibility index (Phi) is 2.03. The molecule has 0 radical (unpaired) electrons. The molecule has 0 saturated heterocycles. The molecule has 0 spiro atoms. The van der Waals surface area contributed by atoms with Gasteiger partial charge in [-0.25, -0.2) is 9.78 Å². The van der Waals surface area contributed by atoms with Crippen LogP contribution in [0, 0.1) is 6.92 Å². The van der Waals surface area contributed by atoms with Gasteiger partial charge in [-0.3, -0.25) is 0 Å². The number of carboxylic acids is 1. The maximum absolute atomic E-state index is 10.7. The van der Waals surface area contributed by atoms with Crippen molar-refractivity contribution in [3.63, 3.8) is 0 Å². The van der Waals surface area contributed by atoms with Crippen LogP contribution in [-0.2, 0) is 0 Å². The highest BCUT2D eigenvalue weighted by Gasteiger charge is 2.10. The van der Waals surface area contributed by atoms with Crippen LogP contribution in [-0.4, -0.2) is 21.0 Å². The standard InChI is InChI=1S/C9H7BrN2O2/c1-4-5-2-6(9(13)14)12-7(5)3-11-8(4)10/h2-3,12H,1H3,(H,13,14). The lowest BCUT2D eigenvalue weighted by molar-refractivity contribution is 0.0691. The van der Waals surface area contributed by atoms with E-state index < -0.39 is 5.97 Å². The summed E-state index contributed by atoms with van der Waals surface area (Å²) in [6.07, 6.45) is 1.61. The van der Waals surface area contributed by atoms with E-state index in [9.17, 15) is 4.79 Å². The first-order valence-corrected chi connectivity index (χ1v) is 4.76. The number of nitrogens with one attached hydrogen (secondary N) is 1. The third-order valence-electron chi connectivity index (χ3n) is 2.10. The Hall–Kier alpha value is -1.36. The Morgan fingerprint density at radius 1 is 1.64 bits per heavy atom. The number of hydrogen-bond donors (Lipinski definition) is 2. The molecule has 0 fully saturated rings. The average molecular weight is 255 g/mol. The lowest BCUT2D eigenvalue weighted by Crippen LogP contribution is -1.94. The fourth-order valence-electron chi connectivity index (χ4n) is 1.33. The Labute approximate surface area is 88.1 Å². The van der Waals surface area contributed by atoms with Crippen LogP contribution in [0.5, 0.6) is 0 Å². The Balaban J connectivity index is 2.77. The number of rotatable bonds is 1. The SMILES string of the molecule is Cc1c(Br)ncc2[nH]c(C(=O)O)cc12. The van der Waals surface area contributed by atoms with Crippen LogP contribution < -0.4 is 0 Å². The zero-order chi connectivity index (χ0) is 10.3. The third-order valence-corrected chi connectivity index (χ3v) is 2.90. The number of carbonyl (C=O) groups is 1. The van der Waals surface area contributed by atoms with Crippen molar-refractivity contribution in [2.45, 2.75) is 6.92 Å². The fraction of sp³-hybridized carbons (Fsp3) is 0.111. The number of hydrogen-bond acceptors (Lipinski definition) is 2. The maximum atomic E-state index is 10.7. The molecule has 0 amide bonds. The number of halogens is 1. The van der Waals surface area contributed by atoms with Crippen molar-refractivity contribution in [1.82, 2.24) is 9.97 Å². The van der Waals surface area contributed by atoms with E-state index >= 15 is 0 Å². The molecule has 2 aromatic heterocycles. The highest BCUT2D eigenvalue weighted by Crippen LogP contribution is 2.23. The normalized spacial score (nSPS) is 10.7. The van der Waals surface area contributed by atoms with Gasteiger partial charge in [0.05, 0.1) is 11.7 Å². The Bertz CT molecular complexity index is 519. The summed E-state index contributed by atoms with van der Waals surface area (Å²) in [6.45, 7) is 1.89. The molecule has 14 heavy (non-hydrogen) atoms. The molecular formula is C9H7BrN2O2. The van der Waals surface area contributed by atoms with Gasteiger partial charge in [-0.05, 0) is 34.5 Å². The van der Waals surface area contributed by atoms with Crippen LogP contribution in [0.15, 0.2) is 16.9 Å². The minimum absolute atomic E-state index is 0.183. The van der Waals surface area contributed by atoms with Crippen LogP contribution in [0.4, 0.5) is 0 Å². The van der Waals surface area contributed by atoms with Crippen molar-refractivity contribution < 1.29 is 9.90 Å². The lowest BCUT2D eigenvalue weighted by Gasteiger charge is -1.96. The predicted molar refractivity (Wildman–Crippen MR) is 55.5 cm³/mol. The summed E-state index contributed by atoms with van der Waals surface area (Å²) >= 11 is 3.29. The van der Waals surface area contributed by atoms with Gasteiger partial charge in [-0.15, -0.1) is 0 Å². The predicted octanol–water partition coefficient (Wildman–Crippen LogP) is 2.33. The van der Waals surface area contributed by atoms with Crippen LogP contribution in [0.2, 0.25) is 0 Å². The van der Waals surface area contributed by atoms with E-state index in [1.807, 2.05) is 6.92 Å². The van der Waals surface area contributed by atoms with Gasteiger partial charge in [0.25, 0.3) is 0 Å². The molecule has 72 valence electrons. The number of pyridine rings is 1. The molecule has 2 heterocycles. The monoisotopic (exact) mass is 254 g/mol. The molecule has 0 aliphatic carbocycles. The van der Waals surface area contributed by atoms with E-state index in [4.69, 9.17) is 5.11 Å². The van der Waals surface area contributed by atoms with Gasteiger partial charge in [0.1, 0.15) is 10.3 Å². The van der Waals surface area contributed by atoms with Gasteiger partial charge < -0.3 is 10.1 Å². The smallest absolute Gasteiger partial charge is 0.352 e. The van der Waals surface area contributed by atoms with E-state index in [0.717, 1.165) is 21.1 Å². The average Bonchev–Trinajstić information content (AvgIpc) is 2.56. The molecule has 0 unspecified atom stereocenters. The van der Waals surface area contributed by atoms with Crippen molar-refractivity contribution >= 4 is 32.8 Å². The summed E-state index contributed by atoms with van der Waals surface area (Å²) in [6, 6.07) is 1.61. The van der Waals surface area contributed by atoms with E-state index in [0.29, 0.717) is 0 Å². The summed E-state index contributed by atoms with van der Waals surface area (Å²) in [4.78, 5) is 17.6. The van der Waals surface area contributed by atoms with Crippen LogP contribution in [0.25, 0.3) is 10.9 Å². The van der Waals surface area contributed by atoms with Crippen LogP contribution in [0.3, 0.4) is 0 Å². The number of nitrogens with zero attached hydrogens (tertiary/aromatic N) is 1. The lowest BCUT2D eigenvalue weighted by atomic mass is 10.2. The molecule has 2 N–H and O–H groups in total. The summed E-state index contributed by atoms with van der Waals surface area (Å²) in [7, 11) is 0. The van der Waals surface area contributed by atoms with Gasteiger partial charge in [-0.2, -0.15) is 0 Å². The summed E-state index contributed by atoms with van der Waals surface area (Å²) < 4.78 is 0.737. The number of H-pyrrole nitrogens is 1. The molecular weight excluding hydrogens is 248 g/mol. The maximum Gasteiger partial charge on any atom is 0.352 e. The van der Waals surface area contributed by atoms with Crippen molar-refractivity contribution in [1.29, 1.82) is 0 Å². The van der Waals surface area contributed by atoms with E-state index in [2.05, 4.69) is 25.9 Å². The molecule has 2 aromatic rings. The topological polar surface area (TPSA) is 66.0 Å². The Morgan fingerprint density at radius 3 is 3.00 bits per heavy atom. The Morgan fingerprint density at radius 2 is 2.36 bits per heavy atom. The first-order chi connectivity index (χ1) is 6.59. The molecule has 0 atom stereocenters.